The van der Waals surface area contributed by atoms with Gasteiger partial charge in [0.1, 0.15) is 0 Å². The zero-order chi connectivity index (χ0) is 11.1. The number of hydrogen-bond donors (Lipinski definition) is 1. The molecule has 1 aromatic rings. The van der Waals surface area contributed by atoms with E-state index < -0.39 is 5.60 Å². The smallest absolute Gasteiger partial charge is 0.0909 e. The molecule has 78 valence electrons. The molecule has 0 spiro atoms. The van der Waals surface area contributed by atoms with Crippen molar-refractivity contribution in [3.63, 3.8) is 0 Å². The molecule has 1 saturated carbocycles. The third-order valence-corrected chi connectivity index (χ3v) is 3.36. The molecular formula is C12H12ClNO. The molecule has 2 nitrogen and oxygen atoms in total. The van der Waals surface area contributed by atoms with Crippen LogP contribution >= 0.6 is 11.6 Å². The Hall–Kier alpha value is -1.04. The van der Waals surface area contributed by atoms with Gasteiger partial charge in [-0.15, -0.1) is 0 Å². The first-order chi connectivity index (χ1) is 7.05. The Balaban J connectivity index is 2.23. The standard InChI is InChI=1S/C12H12ClNO/c1-12(15,11-6-8(11)7-14)9-2-4-10(13)5-3-9/h2-5,8,11,15H,6H2,1H3. The first kappa shape index (κ1) is 10.5. The van der Waals surface area contributed by atoms with Gasteiger partial charge in [-0.2, -0.15) is 5.26 Å². The van der Waals surface area contributed by atoms with E-state index in [1.54, 1.807) is 19.1 Å². The van der Waals surface area contributed by atoms with E-state index in [1.165, 1.54) is 0 Å². The Bertz CT molecular complexity index is 405. The number of nitriles is 1. The minimum atomic E-state index is -0.912. The summed E-state index contributed by atoms with van der Waals surface area (Å²) >= 11 is 5.78. The van der Waals surface area contributed by atoms with Crippen molar-refractivity contribution in [1.82, 2.24) is 0 Å². The maximum absolute atomic E-state index is 10.3. The van der Waals surface area contributed by atoms with E-state index in [-0.39, 0.29) is 11.8 Å². The molecule has 15 heavy (non-hydrogen) atoms. The van der Waals surface area contributed by atoms with Gasteiger partial charge < -0.3 is 5.11 Å². The maximum atomic E-state index is 10.3. The van der Waals surface area contributed by atoms with Crippen molar-refractivity contribution in [2.45, 2.75) is 18.9 Å². The molecule has 0 heterocycles. The Morgan fingerprint density at radius 2 is 2.07 bits per heavy atom. The second-order valence-electron chi connectivity index (χ2n) is 4.23. The molecule has 1 aliphatic rings. The van der Waals surface area contributed by atoms with E-state index >= 15 is 0 Å². The van der Waals surface area contributed by atoms with Crippen LogP contribution in [0.4, 0.5) is 0 Å². The van der Waals surface area contributed by atoms with Crippen molar-refractivity contribution in [2.75, 3.05) is 0 Å². The lowest BCUT2D eigenvalue weighted by Gasteiger charge is -2.23. The van der Waals surface area contributed by atoms with Gasteiger partial charge in [-0.05, 0) is 31.0 Å². The topological polar surface area (TPSA) is 44.0 Å². The predicted octanol–water partition coefficient (Wildman–Crippen LogP) is 2.71. The van der Waals surface area contributed by atoms with Gasteiger partial charge in [-0.25, -0.2) is 0 Å². The minimum Gasteiger partial charge on any atom is -0.385 e. The van der Waals surface area contributed by atoms with E-state index in [0.717, 1.165) is 12.0 Å². The zero-order valence-corrected chi connectivity index (χ0v) is 9.20. The van der Waals surface area contributed by atoms with E-state index in [9.17, 15) is 5.11 Å². The molecule has 1 N–H and O–H groups in total. The third kappa shape index (κ3) is 1.86. The molecule has 1 aliphatic carbocycles. The maximum Gasteiger partial charge on any atom is 0.0909 e. The fraction of sp³-hybridized carbons (Fsp3) is 0.417. The molecule has 0 radical (unpaired) electrons. The molecule has 1 aromatic carbocycles. The highest BCUT2D eigenvalue weighted by atomic mass is 35.5. The van der Waals surface area contributed by atoms with E-state index in [0.29, 0.717) is 5.02 Å². The normalized spacial score (nSPS) is 27.9. The molecule has 0 aliphatic heterocycles. The molecule has 0 amide bonds. The van der Waals surface area contributed by atoms with Crippen molar-refractivity contribution < 1.29 is 5.11 Å². The van der Waals surface area contributed by atoms with Gasteiger partial charge in [-0.3, -0.25) is 0 Å². The fourth-order valence-electron chi connectivity index (χ4n) is 1.96. The van der Waals surface area contributed by atoms with Crippen LogP contribution in [0, 0.1) is 23.2 Å². The second kappa shape index (κ2) is 3.52. The zero-order valence-electron chi connectivity index (χ0n) is 8.44. The highest BCUT2D eigenvalue weighted by Gasteiger charge is 2.50. The van der Waals surface area contributed by atoms with Crippen LogP contribution in [0.5, 0.6) is 0 Å². The highest BCUT2D eigenvalue weighted by Crippen LogP contribution is 2.50. The molecule has 3 unspecified atom stereocenters. The summed E-state index contributed by atoms with van der Waals surface area (Å²) in [5, 5.41) is 19.7. The van der Waals surface area contributed by atoms with E-state index in [2.05, 4.69) is 6.07 Å². The minimum absolute atomic E-state index is 0.00400. The van der Waals surface area contributed by atoms with Crippen molar-refractivity contribution in [3.05, 3.63) is 34.9 Å². The molecule has 2 rings (SSSR count). The summed E-state index contributed by atoms with van der Waals surface area (Å²) in [5.41, 5.74) is -0.0833. The van der Waals surface area contributed by atoms with Crippen molar-refractivity contribution >= 4 is 11.6 Å². The Kier molecular flexibility index (Phi) is 2.46. The summed E-state index contributed by atoms with van der Waals surface area (Å²) < 4.78 is 0. The van der Waals surface area contributed by atoms with Gasteiger partial charge in [0.05, 0.1) is 17.6 Å². The van der Waals surface area contributed by atoms with Gasteiger partial charge in [0, 0.05) is 10.9 Å². The van der Waals surface area contributed by atoms with E-state index in [1.807, 2.05) is 12.1 Å². The van der Waals surface area contributed by atoms with Crippen LogP contribution in [0.1, 0.15) is 18.9 Å². The molecule has 1 fully saturated rings. The molecule has 3 atom stereocenters. The number of halogens is 1. The van der Waals surface area contributed by atoms with Crippen LogP contribution in [0.25, 0.3) is 0 Å². The predicted molar refractivity (Wildman–Crippen MR) is 58.2 cm³/mol. The van der Waals surface area contributed by atoms with Gasteiger partial charge in [-0.1, -0.05) is 23.7 Å². The summed E-state index contributed by atoms with van der Waals surface area (Å²) in [6.07, 6.45) is 0.784. The van der Waals surface area contributed by atoms with Crippen molar-refractivity contribution in [2.24, 2.45) is 11.8 Å². The monoisotopic (exact) mass is 221 g/mol. The highest BCUT2D eigenvalue weighted by molar-refractivity contribution is 6.30. The number of rotatable bonds is 2. The number of hydrogen-bond acceptors (Lipinski definition) is 2. The molecular weight excluding hydrogens is 210 g/mol. The number of aliphatic hydroxyl groups is 1. The molecule has 3 heteroatoms. The largest absolute Gasteiger partial charge is 0.385 e. The average molecular weight is 222 g/mol. The molecule has 0 saturated heterocycles. The Labute approximate surface area is 94.1 Å². The number of nitrogens with zero attached hydrogens (tertiary/aromatic N) is 1. The first-order valence-corrected chi connectivity index (χ1v) is 5.31. The summed E-state index contributed by atoms with van der Waals surface area (Å²) in [7, 11) is 0. The van der Waals surface area contributed by atoms with Crippen LogP contribution in [0.15, 0.2) is 24.3 Å². The van der Waals surface area contributed by atoms with Crippen LogP contribution in [0.3, 0.4) is 0 Å². The van der Waals surface area contributed by atoms with Gasteiger partial charge in [0.25, 0.3) is 0 Å². The van der Waals surface area contributed by atoms with Gasteiger partial charge in [0.15, 0.2) is 0 Å². The summed E-state index contributed by atoms with van der Waals surface area (Å²) in [6, 6.07) is 9.34. The number of benzene rings is 1. The quantitative estimate of drug-likeness (QED) is 0.835. The SMILES string of the molecule is CC(O)(c1ccc(Cl)cc1)C1CC1C#N. The lowest BCUT2D eigenvalue weighted by Crippen LogP contribution is -2.24. The first-order valence-electron chi connectivity index (χ1n) is 4.93. The molecule has 0 aromatic heterocycles. The van der Waals surface area contributed by atoms with E-state index in [4.69, 9.17) is 16.9 Å². The lowest BCUT2D eigenvalue weighted by atomic mass is 9.90. The second-order valence-corrected chi connectivity index (χ2v) is 4.67. The van der Waals surface area contributed by atoms with Gasteiger partial charge in [0.2, 0.25) is 0 Å². The fourth-order valence-corrected chi connectivity index (χ4v) is 2.09. The summed E-state index contributed by atoms with van der Waals surface area (Å²) in [5.74, 6) is 0.0550. The van der Waals surface area contributed by atoms with Crippen LogP contribution < -0.4 is 0 Å². The summed E-state index contributed by atoms with van der Waals surface area (Å²) in [4.78, 5) is 0. The average Bonchev–Trinajstić information content (AvgIpc) is 2.98. The molecule has 0 bridgehead atoms. The van der Waals surface area contributed by atoms with Crippen LogP contribution in [-0.4, -0.2) is 5.11 Å². The van der Waals surface area contributed by atoms with Gasteiger partial charge >= 0.3 is 0 Å². The third-order valence-electron chi connectivity index (χ3n) is 3.11. The van der Waals surface area contributed by atoms with Crippen LogP contribution in [-0.2, 0) is 5.60 Å². The van der Waals surface area contributed by atoms with Crippen molar-refractivity contribution in [1.29, 1.82) is 5.26 Å². The summed E-state index contributed by atoms with van der Waals surface area (Å²) in [6.45, 7) is 1.76. The Morgan fingerprint density at radius 3 is 2.53 bits per heavy atom. The Morgan fingerprint density at radius 1 is 1.47 bits per heavy atom. The lowest BCUT2D eigenvalue weighted by molar-refractivity contribution is 0.0299. The van der Waals surface area contributed by atoms with Crippen LogP contribution in [0.2, 0.25) is 5.02 Å². The van der Waals surface area contributed by atoms with Crippen molar-refractivity contribution in [3.8, 4) is 6.07 Å².